The Bertz CT molecular complexity index is 241. The fourth-order valence-electron chi connectivity index (χ4n) is 3.27. The van der Waals surface area contributed by atoms with Gasteiger partial charge in [0.05, 0.1) is 0 Å². The van der Waals surface area contributed by atoms with Crippen LogP contribution in [0.5, 0.6) is 0 Å². The molecule has 1 fully saturated rings. The van der Waals surface area contributed by atoms with Crippen molar-refractivity contribution in [1.29, 1.82) is 0 Å². The highest BCUT2D eigenvalue weighted by Crippen LogP contribution is 2.39. The normalized spacial score (nSPS) is 28.6. The van der Waals surface area contributed by atoms with Crippen LogP contribution < -0.4 is 0 Å². The maximum Gasteiger partial charge on any atom is 0.500 e. The molecule has 0 radical (unpaired) electrons. The molecule has 1 rings (SSSR count). The monoisotopic (exact) mass is 306 g/mol. The van der Waals surface area contributed by atoms with Crippen molar-refractivity contribution in [3.63, 3.8) is 0 Å². The van der Waals surface area contributed by atoms with E-state index in [4.69, 9.17) is 13.3 Å². The average molecular weight is 307 g/mol. The van der Waals surface area contributed by atoms with E-state index in [0.29, 0.717) is 0 Å². The molecule has 0 heterocycles. The van der Waals surface area contributed by atoms with Gasteiger partial charge in [-0.25, -0.2) is 0 Å². The van der Waals surface area contributed by atoms with E-state index < -0.39 is 8.80 Å². The summed E-state index contributed by atoms with van der Waals surface area (Å²) >= 11 is 2.05. The van der Waals surface area contributed by atoms with Crippen molar-refractivity contribution in [2.24, 2.45) is 11.8 Å². The van der Waals surface area contributed by atoms with Gasteiger partial charge in [0, 0.05) is 32.6 Å². The minimum atomic E-state index is -2.36. The smallest absolute Gasteiger partial charge is 0.377 e. The molecule has 1 aliphatic carbocycles. The Morgan fingerprint density at radius 3 is 2.21 bits per heavy atom. The van der Waals surface area contributed by atoms with Gasteiger partial charge in [-0.05, 0) is 43.8 Å². The first-order valence-corrected chi connectivity index (χ1v) is 10.5. The average Bonchev–Trinajstić information content (AvgIpc) is 2.49. The molecule has 0 amide bonds. The van der Waals surface area contributed by atoms with Gasteiger partial charge in [-0.3, -0.25) is 0 Å². The molecule has 0 aromatic rings. The summed E-state index contributed by atoms with van der Waals surface area (Å²) in [5.74, 6) is 1.71. The van der Waals surface area contributed by atoms with Crippen molar-refractivity contribution in [1.82, 2.24) is 0 Å². The third-order valence-corrected chi connectivity index (χ3v) is 8.63. The first-order valence-electron chi connectivity index (χ1n) is 7.32. The molecular weight excluding hydrogens is 276 g/mol. The summed E-state index contributed by atoms with van der Waals surface area (Å²) in [6, 6.07) is 0.946. The van der Waals surface area contributed by atoms with Crippen molar-refractivity contribution >= 4 is 20.6 Å². The SMILES string of the molecule is CCC1CC(CC[Si](OC)(OC)OC)CCC1SC. The van der Waals surface area contributed by atoms with E-state index in [0.717, 1.165) is 23.1 Å². The lowest BCUT2D eigenvalue weighted by molar-refractivity contribution is 0.119. The quantitative estimate of drug-likeness (QED) is 0.637. The zero-order valence-electron chi connectivity index (χ0n) is 13.1. The number of hydrogen-bond donors (Lipinski definition) is 0. The van der Waals surface area contributed by atoms with Gasteiger partial charge in [-0.15, -0.1) is 0 Å². The largest absolute Gasteiger partial charge is 0.500 e. The van der Waals surface area contributed by atoms with E-state index in [1.165, 1.54) is 32.1 Å². The van der Waals surface area contributed by atoms with Crippen molar-refractivity contribution in [3.8, 4) is 0 Å². The molecule has 0 bridgehead atoms. The molecule has 0 aromatic heterocycles. The van der Waals surface area contributed by atoms with Crippen molar-refractivity contribution in [2.75, 3.05) is 27.6 Å². The van der Waals surface area contributed by atoms with Crippen LogP contribution in [0.2, 0.25) is 6.04 Å². The van der Waals surface area contributed by atoms with Gasteiger partial charge in [-0.1, -0.05) is 13.3 Å². The summed E-state index contributed by atoms with van der Waals surface area (Å²) in [7, 11) is 2.76. The molecule has 1 aliphatic rings. The molecule has 0 aromatic carbocycles. The maximum atomic E-state index is 5.51. The Hall–Kier alpha value is 0.447. The highest BCUT2D eigenvalue weighted by Gasteiger charge is 2.39. The second kappa shape index (κ2) is 8.67. The minimum absolute atomic E-state index is 0.820. The molecule has 19 heavy (non-hydrogen) atoms. The van der Waals surface area contributed by atoms with Crippen LogP contribution in [0.4, 0.5) is 0 Å². The van der Waals surface area contributed by atoms with Crippen molar-refractivity contribution in [2.45, 2.75) is 50.3 Å². The van der Waals surface area contributed by atoms with Crippen LogP contribution in [0.15, 0.2) is 0 Å². The van der Waals surface area contributed by atoms with Crippen LogP contribution >= 0.6 is 11.8 Å². The van der Waals surface area contributed by atoms with Crippen LogP contribution in [0.25, 0.3) is 0 Å². The zero-order chi connectivity index (χ0) is 14.3. The summed E-state index contributed by atoms with van der Waals surface area (Å²) < 4.78 is 16.5. The summed E-state index contributed by atoms with van der Waals surface area (Å²) in [5, 5.41) is 0.871. The second-order valence-electron chi connectivity index (χ2n) is 5.46. The highest BCUT2D eigenvalue weighted by atomic mass is 32.2. The second-order valence-corrected chi connectivity index (χ2v) is 9.62. The molecule has 0 N–H and O–H groups in total. The maximum absolute atomic E-state index is 5.51. The van der Waals surface area contributed by atoms with Crippen LogP contribution in [0.3, 0.4) is 0 Å². The van der Waals surface area contributed by atoms with E-state index in [-0.39, 0.29) is 0 Å². The van der Waals surface area contributed by atoms with Crippen LogP contribution in [0, 0.1) is 11.8 Å². The number of rotatable bonds is 8. The van der Waals surface area contributed by atoms with E-state index in [9.17, 15) is 0 Å². The molecule has 0 saturated heterocycles. The summed E-state index contributed by atoms with van der Waals surface area (Å²) in [6.45, 7) is 2.33. The number of thioether (sulfide) groups is 1. The lowest BCUT2D eigenvalue weighted by Crippen LogP contribution is -2.43. The molecule has 0 spiro atoms. The van der Waals surface area contributed by atoms with Crippen molar-refractivity contribution < 1.29 is 13.3 Å². The Kier molecular flexibility index (Phi) is 7.99. The zero-order valence-corrected chi connectivity index (χ0v) is 14.9. The molecule has 3 unspecified atom stereocenters. The molecule has 5 heteroatoms. The third kappa shape index (κ3) is 4.74. The van der Waals surface area contributed by atoms with E-state index in [1.54, 1.807) is 21.3 Å². The predicted molar refractivity (Wildman–Crippen MR) is 84.6 cm³/mol. The van der Waals surface area contributed by atoms with Gasteiger partial charge in [0.2, 0.25) is 0 Å². The minimum Gasteiger partial charge on any atom is -0.377 e. The Labute approximate surface area is 124 Å². The van der Waals surface area contributed by atoms with Gasteiger partial charge in [0.1, 0.15) is 0 Å². The van der Waals surface area contributed by atoms with Crippen LogP contribution in [-0.4, -0.2) is 41.6 Å². The molecular formula is C14H30O3SSi. The fraction of sp³-hybridized carbons (Fsp3) is 1.00. The molecule has 3 nitrogen and oxygen atoms in total. The van der Waals surface area contributed by atoms with Gasteiger partial charge in [0.25, 0.3) is 0 Å². The van der Waals surface area contributed by atoms with Gasteiger partial charge in [-0.2, -0.15) is 11.8 Å². The molecule has 3 atom stereocenters. The highest BCUT2D eigenvalue weighted by molar-refractivity contribution is 7.99. The lowest BCUT2D eigenvalue weighted by atomic mass is 9.78. The van der Waals surface area contributed by atoms with E-state index in [2.05, 4.69) is 24.9 Å². The Morgan fingerprint density at radius 1 is 1.11 bits per heavy atom. The Balaban J connectivity index is 2.46. The van der Waals surface area contributed by atoms with Gasteiger partial charge >= 0.3 is 8.80 Å². The fourth-order valence-corrected chi connectivity index (χ4v) is 6.21. The van der Waals surface area contributed by atoms with Crippen LogP contribution in [-0.2, 0) is 13.3 Å². The summed E-state index contributed by atoms with van der Waals surface area (Å²) in [6.07, 6.45) is 8.83. The summed E-state index contributed by atoms with van der Waals surface area (Å²) in [4.78, 5) is 0. The first kappa shape index (κ1) is 17.5. The predicted octanol–water partition coefficient (Wildman–Crippen LogP) is 3.81. The number of hydrogen-bond acceptors (Lipinski definition) is 4. The van der Waals surface area contributed by atoms with Crippen LogP contribution in [0.1, 0.15) is 39.0 Å². The molecule has 1 saturated carbocycles. The molecule has 0 aliphatic heterocycles. The first-order chi connectivity index (χ1) is 9.14. The topological polar surface area (TPSA) is 27.7 Å². The summed E-state index contributed by atoms with van der Waals surface area (Å²) in [5.41, 5.74) is 0. The standard InChI is InChI=1S/C14H30O3SSi/c1-6-13-11-12(7-8-14(13)18-5)9-10-19(15-2,16-3)17-4/h12-14H,6-11H2,1-5H3. The lowest BCUT2D eigenvalue weighted by Gasteiger charge is -2.36. The molecule has 114 valence electrons. The van der Waals surface area contributed by atoms with E-state index >= 15 is 0 Å². The van der Waals surface area contributed by atoms with E-state index in [1.807, 2.05) is 0 Å². The van der Waals surface area contributed by atoms with Gasteiger partial charge < -0.3 is 13.3 Å². The van der Waals surface area contributed by atoms with Crippen molar-refractivity contribution in [3.05, 3.63) is 0 Å². The Morgan fingerprint density at radius 2 is 1.74 bits per heavy atom. The third-order valence-electron chi connectivity index (χ3n) is 4.64. The van der Waals surface area contributed by atoms with Gasteiger partial charge in [0.15, 0.2) is 0 Å².